The van der Waals surface area contributed by atoms with Gasteiger partial charge in [-0.15, -0.1) is 0 Å². The van der Waals surface area contributed by atoms with Crippen molar-refractivity contribution in [3.8, 4) is 16.9 Å². The Kier molecular flexibility index (Phi) is 2.40. The maximum atomic E-state index is 9.67. The van der Waals surface area contributed by atoms with Gasteiger partial charge in [0.2, 0.25) is 0 Å². The van der Waals surface area contributed by atoms with E-state index < -0.39 is 0 Å². The van der Waals surface area contributed by atoms with Gasteiger partial charge in [0.15, 0.2) is 0 Å². The van der Waals surface area contributed by atoms with E-state index in [0.29, 0.717) is 16.9 Å². The summed E-state index contributed by atoms with van der Waals surface area (Å²) in [4.78, 5) is 4.02. The number of anilines is 2. The highest BCUT2D eigenvalue weighted by Gasteiger charge is 2.11. The van der Waals surface area contributed by atoms with Crippen LogP contribution in [-0.2, 0) is 0 Å². The molecule has 1 aromatic carbocycles. The first-order valence-electron chi connectivity index (χ1n) is 4.89. The summed E-state index contributed by atoms with van der Waals surface area (Å²) in [5, 5.41) is 9.67. The van der Waals surface area contributed by atoms with Gasteiger partial charge in [-0.3, -0.25) is 4.98 Å². The van der Waals surface area contributed by atoms with Gasteiger partial charge in [-0.2, -0.15) is 0 Å². The lowest BCUT2D eigenvalue weighted by molar-refractivity contribution is 0.478. The molecule has 2 rings (SSSR count). The van der Waals surface area contributed by atoms with Crippen LogP contribution in [0.2, 0.25) is 0 Å². The van der Waals surface area contributed by atoms with Gasteiger partial charge in [0.25, 0.3) is 0 Å². The monoisotopic (exact) mass is 215 g/mol. The predicted molar refractivity (Wildman–Crippen MR) is 64.9 cm³/mol. The average Bonchev–Trinajstić information content (AvgIpc) is 2.32. The molecule has 0 saturated carbocycles. The van der Waals surface area contributed by atoms with Crippen LogP contribution in [0.5, 0.6) is 5.75 Å². The maximum absolute atomic E-state index is 9.67. The van der Waals surface area contributed by atoms with Gasteiger partial charge in [-0.05, 0) is 24.6 Å². The Morgan fingerprint density at radius 3 is 2.62 bits per heavy atom. The molecular weight excluding hydrogens is 202 g/mol. The summed E-state index contributed by atoms with van der Waals surface area (Å²) in [6.45, 7) is 1.78. The molecule has 0 atom stereocenters. The summed E-state index contributed by atoms with van der Waals surface area (Å²) in [6, 6.07) is 5.26. The number of rotatable bonds is 1. The molecule has 0 aliphatic rings. The molecule has 4 nitrogen and oxygen atoms in total. The molecule has 82 valence electrons. The summed E-state index contributed by atoms with van der Waals surface area (Å²) >= 11 is 0. The highest BCUT2D eigenvalue weighted by atomic mass is 16.3. The lowest BCUT2D eigenvalue weighted by Crippen LogP contribution is -1.99. The third kappa shape index (κ3) is 1.54. The van der Waals surface area contributed by atoms with E-state index in [1.54, 1.807) is 25.4 Å². The zero-order valence-electron chi connectivity index (χ0n) is 8.94. The number of hydrogen-bond acceptors (Lipinski definition) is 4. The minimum Gasteiger partial charge on any atom is -0.506 e. The number of benzene rings is 1. The smallest absolute Gasteiger partial charge is 0.139 e. The summed E-state index contributed by atoms with van der Waals surface area (Å²) in [7, 11) is 0. The number of nitrogens with zero attached hydrogens (tertiary/aromatic N) is 1. The van der Waals surface area contributed by atoms with Crippen molar-refractivity contribution in [3.63, 3.8) is 0 Å². The first-order valence-corrected chi connectivity index (χ1v) is 4.89. The van der Waals surface area contributed by atoms with Crippen LogP contribution in [0.25, 0.3) is 11.1 Å². The molecule has 1 heterocycles. The van der Waals surface area contributed by atoms with Crippen molar-refractivity contribution in [2.75, 3.05) is 11.5 Å². The Morgan fingerprint density at radius 2 is 2.00 bits per heavy atom. The van der Waals surface area contributed by atoms with Crippen molar-refractivity contribution in [1.29, 1.82) is 0 Å². The molecular formula is C12H13N3O. The van der Waals surface area contributed by atoms with E-state index in [-0.39, 0.29) is 5.75 Å². The number of pyridine rings is 1. The fraction of sp³-hybridized carbons (Fsp3) is 0.0833. The Bertz CT molecular complexity index is 524. The second kappa shape index (κ2) is 3.73. The number of phenols is 1. The largest absolute Gasteiger partial charge is 0.506 e. The molecule has 0 fully saturated rings. The third-order valence-electron chi connectivity index (χ3n) is 2.63. The predicted octanol–water partition coefficient (Wildman–Crippen LogP) is 1.93. The van der Waals surface area contributed by atoms with E-state index in [9.17, 15) is 5.11 Å². The number of nitrogens with two attached hydrogens (primary N) is 2. The van der Waals surface area contributed by atoms with Crippen LogP contribution in [0.1, 0.15) is 5.56 Å². The van der Waals surface area contributed by atoms with E-state index in [1.165, 1.54) is 0 Å². The van der Waals surface area contributed by atoms with E-state index >= 15 is 0 Å². The van der Waals surface area contributed by atoms with Crippen LogP contribution in [0.4, 0.5) is 11.4 Å². The van der Waals surface area contributed by atoms with Crippen LogP contribution in [0.15, 0.2) is 30.6 Å². The average molecular weight is 215 g/mol. The normalized spacial score (nSPS) is 10.3. The number of nitrogen functional groups attached to an aromatic ring is 2. The van der Waals surface area contributed by atoms with Crippen molar-refractivity contribution in [3.05, 3.63) is 36.2 Å². The van der Waals surface area contributed by atoms with E-state index in [0.717, 1.165) is 11.1 Å². The molecule has 0 radical (unpaired) electrons. The Balaban J connectivity index is 2.68. The molecule has 0 aliphatic heterocycles. The highest BCUT2D eigenvalue weighted by molar-refractivity contribution is 5.84. The topological polar surface area (TPSA) is 85.2 Å². The molecule has 0 spiro atoms. The molecule has 0 bridgehead atoms. The SMILES string of the molecule is Cc1c(N)c(O)cc(-c2cccnc2)c1N. The van der Waals surface area contributed by atoms with Crippen LogP contribution >= 0.6 is 0 Å². The maximum Gasteiger partial charge on any atom is 0.139 e. The molecule has 0 unspecified atom stereocenters. The first-order chi connectivity index (χ1) is 7.61. The zero-order valence-corrected chi connectivity index (χ0v) is 8.94. The van der Waals surface area contributed by atoms with Crippen LogP contribution in [0, 0.1) is 6.92 Å². The molecule has 1 aromatic heterocycles. The standard InChI is InChI=1S/C12H13N3O/c1-7-11(13)9(5-10(16)12(7)14)8-3-2-4-15-6-8/h2-6,16H,13-14H2,1H3. The number of aromatic hydroxyl groups is 1. The first kappa shape index (κ1) is 10.3. The van der Waals surface area contributed by atoms with Gasteiger partial charge < -0.3 is 16.6 Å². The Morgan fingerprint density at radius 1 is 1.25 bits per heavy atom. The fourth-order valence-electron chi connectivity index (χ4n) is 1.59. The second-order valence-electron chi connectivity index (χ2n) is 3.64. The molecule has 5 N–H and O–H groups in total. The minimum absolute atomic E-state index is 0.0468. The zero-order chi connectivity index (χ0) is 11.7. The van der Waals surface area contributed by atoms with Gasteiger partial charge in [0.05, 0.1) is 5.69 Å². The Hall–Kier alpha value is -2.23. The third-order valence-corrected chi connectivity index (χ3v) is 2.63. The molecule has 2 aromatic rings. The highest BCUT2D eigenvalue weighted by Crippen LogP contribution is 2.37. The van der Waals surface area contributed by atoms with Gasteiger partial charge in [0, 0.05) is 29.2 Å². The van der Waals surface area contributed by atoms with Gasteiger partial charge in [-0.25, -0.2) is 0 Å². The molecule has 4 heteroatoms. The number of aromatic nitrogens is 1. The van der Waals surface area contributed by atoms with Gasteiger partial charge in [0.1, 0.15) is 5.75 Å². The number of phenolic OH excluding ortho intramolecular Hbond substituents is 1. The van der Waals surface area contributed by atoms with Crippen molar-refractivity contribution in [2.45, 2.75) is 6.92 Å². The quantitative estimate of drug-likeness (QED) is 0.385. The molecule has 0 amide bonds. The minimum atomic E-state index is 0.0468. The summed E-state index contributed by atoms with van der Waals surface area (Å²) in [5.74, 6) is 0.0468. The van der Waals surface area contributed by atoms with Crippen molar-refractivity contribution >= 4 is 11.4 Å². The lowest BCUT2D eigenvalue weighted by atomic mass is 10.0. The van der Waals surface area contributed by atoms with Crippen LogP contribution < -0.4 is 11.5 Å². The van der Waals surface area contributed by atoms with E-state index in [2.05, 4.69) is 4.98 Å². The van der Waals surface area contributed by atoms with Crippen LogP contribution in [0.3, 0.4) is 0 Å². The van der Waals surface area contributed by atoms with Crippen molar-refractivity contribution in [2.24, 2.45) is 0 Å². The van der Waals surface area contributed by atoms with E-state index in [1.807, 2.05) is 12.1 Å². The fourth-order valence-corrected chi connectivity index (χ4v) is 1.59. The second-order valence-corrected chi connectivity index (χ2v) is 3.64. The Labute approximate surface area is 93.5 Å². The molecule has 0 aliphatic carbocycles. The summed E-state index contributed by atoms with van der Waals surface area (Å²) in [6.07, 6.45) is 3.38. The van der Waals surface area contributed by atoms with Gasteiger partial charge in [-0.1, -0.05) is 6.07 Å². The lowest BCUT2D eigenvalue weighted by Gasteiger charge is -2.12. The van der Waals surface area contributed by atoms with Crippen molar-refractivity contribution in [1.82, 2.24) is 4.98 Å². The van der Waals surface area contributed by atoms with E-state index in [4.69, 9.17) is 11.5 Å². The molecule has 16 heavy (non-hydrogen) atoms. The number of hydrogen-bond donors (Lipinski definition) is 3. The van der Waals surface area contributed by atoms with Crippen LogP contribution in [-0.4, -0.2) is 10.1 Å². The summed E-state index contributed by atoms with van der Waals surface area (Å²) in [5.41, 5.74) is 14.8. The summed E-state index contributed by atoms with van der Waals surface area (Å²) < 4.78 is 0. The van der Waals surface area contributed by atoms with Gasteiger partial charge >= 0.3 is 0 Å². The van der Waals surface area contributed by atoms with Crippen molar-refractivity contribution < 1.29 is 5.11 Å². The molecule has 0 saturated heterocycles.